The number of morpholine rings is 1. The fraction of sp³-hybridized carbons (Fsp3) is 0.588. The zero-order chi connectivity index (χ0) is 13.9. The molecular formula is C17H23NO2. The Hall–Kier alpha value is -1.35. The van der Waals surface area contributed by atoms with Crippen molar-refractivity contribution in [2.24, 2.45) is 5.92 Å². The second-order valence-corrected chi connectivity index (χ2v) is 6.10. The van der Waals surface area contributed by atoms with Gasteiger partial charge in [0.2, 0.25) is 0 Å². The number of hydrogen-bond donors (Lipinski definition) is 1. The summed E-state index contributed by atoms with van der Waals surface area (Å²) in [5.74, 6) is 0.388. The predicted molar refractivity (Wildman–Crippen MR) is 78.2 cm³/mol. The Bertz CT molecular complexity index is 453. The van der Waals surface area contributed by atoms with Gasteiger partial charge in [-0.1, -0.05) is 49.6 Å². The Kier molecular flexibility index (Phi) is 4.06. The van der Waals surface area contributed by atoms with Crippen molar-refractivity contribution < 1.29 is 9.53 Å². The summed E-state index contributed by atoms with van der Waals surface area (Å²) < 4.78 is 5.75. The van der Waals surface area contributed by atoms with Crippen LogP contribution in [-0.4, -0.2) is 18.1 Å². The van der Waals surface area contributed by atoms with Gasteiger partial charge in [0, 0.05) is 6.04 Å². The standard InChI is InChI=1S/C17H23NO2/c1-12-16(14-10-6-3-7-11-14)20-17(19)15(18-12)13-8-4-2-5-9-13/h3,6-7,10-13,15-16,18H,2,4-5,8-9H2,1H3/t12-,15+,16-/m1/s1. The Balaban J connectivity index is 1.71. The van der Waals surface area contributed by atoms with Gasteiger partial charge in [-0.2, -0.15) is 0 Å². The van der Waals surface area contributed by atoms with E-state index < -0.39 is 0 Å². The van der Waals surface area contributed by atoms with Crippen LogP contribution in [0.25, 0.3) is 0 Å². The normalized spacial score (nSPS) is 31.9. The molecule has 108 valence electrons. The molecule has 1 aliphatic carbocycles. The highest BCUT2D eigenvalue weighted by atomic mass is 16.5. The van der Waals surface area contributed by atoms with Crippen LogP contribution >= 0.6 is 0 Å². The van der Waals surface area contributed by atoms with Crippen LogP contribution in [0, 0.1) is 5.92 Å². The van der Waals surface area contributed by atoms with Gasteiger partial charge in [-0.3, -0.25) is 10.1 Å². The summed E-state index contributed by atoms with van der Waals surface area (Å²) in [5, 5.41) is 3.51. The number of esters is 1. The zero-order valence-corrected chi connectivity index (χ0v) is 12.0. The Morgan fingerprint density at radius 2 is 1.80 bits per heavy atom. The maximum absolute atomic E-state index is 12.3. The predicted octanol–water partition coefficient (Wildman–Crippen LogP) is 3.21. The topological polar surface area (TPSA) is 38.3 Å². The average molecular weight is 273 g/mol. The highest BCUT2D eigenvalue weighted by Gasteiger charge is 2.39. The molecule has 0 spiro atoms. The number of nitrogens with one attached hydrogen (secondary N) is 1. The fourth-order valence-corrected chi connectivity index (χ4v) is 3.53. The van der Waals surface area contributed by atoms with Crippen molar-refractivity contribution in [1.82, 2.24) is 5.32 Å². The van der Waals surface area contributed by atoms with Crippen LogP contribution in [-0.2, 0) is 9.53 Å². The largest absolute Gasteiger partial charge is 0.455 e. The Morgan fingerprint density at radius 1 is 1.10 bits per heavy atom. The van der Waals surface area contributed by atoms with Crippen LogP contribution in [0.2, 0.25) is 0 Å². The van der Waals surface area contributed by atoms with Crippen molar-refractivity contribution in [2.75, 3.05) is 0 Å². The summed E-state index contributed by atoms with van der Waals surface area (Å²) in [6.45, 7) is 2.11. The monoisotopic (exact) mass is 273 g/mol. The van der Waals surface area contributed by atoms with Gasteiger partial charge < -0.3 is 4.74 Å². The van der Waals surface area contributed by atoms with E-state index >= 15 is 0 Å². The Morgan fingerprint density at radius 3 is 2.50 bits per heavy atom. The highest BCUT2D eigenvalue weighted by molar-refractivity contribution is 5.77. The van der Waals surface area contributed by atoms with Crippen LogP contribution in [0.15, 0.2) is 30.3 Å². The maximum Gasteiger partial charge on any atom is 0.324 e. The van der Waals surface area contributed by atoms with Gasteiger partial charge in [0.15, 0.2) is 0 Å². The molecule has 0 radical (unpaired) electrons. The van der Waals surface area contributed by atoms with E-state index in [1.165, 1.54) is 19.3 Å². The van der Waals surface area contributed by atoms with Crippen molar-refractivity contribution in [3.05, 3.63) is 35.9 Å². The summed E-state index contributed by atoms with van der Waals surface area (Å²) in [4.78, 5) is 12.3. The van der Waals surface area contributed by atoms with Gasteiger partial charge in [0.1, 0.15) is 12.1 Å². The Labute approximate surface area is 120 Å². The lowest BCUT2D eigenvalue weighted by Crippen LogP contribution is -2.55. The fourth-order valence-electron chi connectivity index (χ4n) is 3.53. The molecule has 20 heavy (non-hydrogen) atoms. The van der Waals surface area contributed by atoms with Gasteiger partial charge in [-0.15, -0.1) is 0 Å². The first-order valence-electron chi connectivity index (χ1n) is 7.77. The summed E-state index contributed by atoms with van der Waals surface area (Å²) in [7, 11) is 0. The molecule has 2 aliphatic rings. The molecule has 3 nitrogen and oxygen atoms in total. The molecule has 0 bridgehead atoms. The van der Waals surface area contributed by atoms with Crippen molar-refractivity contribution in [3.8, 4) is 0 Å². The second kappa shape index (κ2) is 5.96. The van der Waals surface area contributed by atoms with Crippen LogP contribution in [0.4, 0.5) is 0 Å². The molecule has 1 saturated carbocycles. The van der Waals surface area contributed by atoms with Crippen LogP contribution in [0.5, 0.6) is 0 Å². The van der Waals surface area contributed by atoms with E-state index in [2.05, 4.69) is 12.2 Å². The van der Waals surface area contributed by atoms with Crippen molar-refractivity contribution in [3.63, 3.8) is 0 Å². The third kappa shape index (κ3) is 2.73. The molecule has 1 aliphatic heterocycles. The molecule has 1 N–H and O–H groups in total. The minimum absolute atomic E-state index is 0.0659. The van der Waals surface area contributed by atoms with E-state index in [0.717, 1.165) is 18.4 Å². The molecule has 0 amide bonds. The first-order valence-corrected chi connectivity index (χ1v) is 7.77. The number of benzene rings is 1. The van der Waals surface area contributed by atoms with E-state index in [1.807, 2.05) is 30.3 Å². The minimum atomic E-state index is -0.163. The maximum atomic E-state index is 12.3. The molecule has 1 aromatic rings. The van der Waals surface area contributed by atoms with Crippen molar-refractivity contribution in [2.45, 2.75) is 57.2 Å². The van der Waals surface area contributed by atoms with E-state index in [9.17, 15) is 4.79 Å². The SMILES string of the molecule is C[C@H]1N[C@@H](C2CCCCC2)C(=O)O[C@H]1c1ccccc1. The number of carbonyl (C=O) groups excluding carboxylic acids is 1. The highest BCUT2D eigenvalue weighted by Crippen LogP contribution is 2.32. The average Bonchev–Trinajstić information content (AvgIpc) is 2.51. The zero-order valence-electron chi connectivity index (χ0n) is 12.0. The van der Waals surface area contributed by atoms with Crippen LogP contribution in [0.3, 0.4) is 0 Å². The first-order chi connectivity index (χ1) is 9.75. The molecule has 3 heteroatoms. The molecule has 1 aromatic carbocycles. The number of rotatable bonds is 2. The van der Waals surface area contributed by atoms with Gasteiger partial charge in [0.25, 0.3) is 0 Å². The molecule has 0 aromatic heterocycles. The number of ether oxygens (including phenoxy) is 1. The van der Waals surface area contributed by atoms with E-state index in [-0.39, 0.29) is 24.2 Å². The molecule has 2 fully saturated rings. The lowest BCUT2D eigenvalue weighted by Gasteiger charge is -2.39. The number of carbonyl (C=O) groups is 1. The van der Waals surface area contributed by atoms with Crippen LogP contribution in [0.1, 0.15) is 50.7 Å². The van der Waals surface area contributed by atoms with Gasteiger partial charge >= 0.3 is 5.97 Å². The third-order valence-corrected chi connectivity index (χ3v) is 4.64. The summed E-state index contributed by atoms with van der Waals surface area (Å²) in [6, 6.07) is 10.1. The minimum Gasteiger partial charge on any atom is -0.455 e. The van der Waals surface area contributed by atoms with Gasteiger partial charge in [-0.05, 0) is 31.2 Å². The van der Waals surface area contributed by atoms with E-state index in [1.54, 1.807) is 0 Å². The quantitative estimate of drug-likeness (QED) is 0.841. The van der Waals surface area contributed by atoms with Gasteiger partial charge in [0.05, 0.1) is 0 Å². The lowest BCUT2D eigenvalue weighted by atomic mass is 9.82. The first kappa shape index (κ1) is 13.6. The van der Waals surface area contributed by atoms with Crippen molar-refractivity contribution in [1.29, 1.82) is 0 Å². The number of hydrogen-bond acceptors (Lipinski definition) is 3. The lowest BCUT2D eigenvalue weighted by molar-refractivity contribution is -0.162. The number of cyclic esters (lactones) is 1. The summed E-state index contributed by atoms with van der Waals surface area (Å²) >= 11 is 0. The molecule has 3 atom stereocenters. The smallest absolute Gasteiger partial charge is 0.324 e. The van der Waals surface area contributed by atoms with Crippen LogP contribution < -0.4 is 5.32 Å². The summed E-state index contributed by atoms with van der Waals surface area (Å²) in [6.07, 6.45) is 5.92. The van der Waals surface area contributed by atoms with E-state index in [0.29, 0.717) is 5.92 Å². The molecule has 1 heterocycles. The molecule has 3 rings (SSSR count). The molecule has 0 unspecified atom stereocenters. The summed E-state index contributed by atoms with van der Waals surface area (Å²) in [5.41, 5.74) is 1.07. The second-order valence-electron chi connectivity index (χ2n) is 6.10. The van der Waals surface area contributed by atoms with Crippen molar-refractivity contribution >= 4 is 5.97 Å². The molecule has 1 saturated heterocycles. The van der Waals surface area contributed by atoms with Gasteiger partial charge in [-0.25, -0.2) is 0 Å². The van der Waals surface area contributed by atoms with E-state index in [4.69, 9.17) is 4.74 Å². The molecular weight excluding hydrogens is 250 g/mol. The third-order valence-electron chi connectivity index (χ3n) is 4.64.